The molecule has 0 saturated carbocycles. The minimum absolute atomic E-state index is 0.0580. The summed E-state index contributed by atoms with van der Waals surface area (Å²) in [6.45, 7) is 4.93. The van der Waals surface area contributed by atoms with Gasteiger partial charge < -0.3 is 25.2 Å². The minimum atomic E-state index is -0.650. The Morgan fingerprint density at radius 2 is 1.88 bits per heavy atom. The molecule has 1 atom stereocenters. The van der Waals surface area contributed by atoms with Crippen molar-refractivity contribution in [3.63, 3.8) is 0 Å². The molecule has 0 aliphatic heterocycles. The van der Waals surface area contributed by atoms with E-state index >= 15 is 0 Å². The number of hydrogen-bond acceptors (Lipinski definition) is 5. The molecule has 7 heteroatoms. The average Bonchev–Trinajstić information content (AvgIpc) is 2.20. The van der Waals surface area contributed by atoms with Crippen molar-refractivity contribution in [2.24, 2.45) is 0 Å². The largest absolute Gasteiger partial charge is 0.453 e. The van der Waals surface area contributed by atoms with Gasteiger partial charge in [-0.25, -0.2) is 9.59 Å². The highest BCUT2D eigenvalue weighted by Crippen LogP contribution is 2.06. The Kier molecular flexibility index (Phi) is 6.34. The maximum absolute atomic E-state index is 11.4. The second-order valence-corrected chi connectivity index (χ2v) is 4.40. The van der Waals surface area contributed by atoms with Crippen molar-refractivity contribution in [1.82, 2.24) is 10.6 Å². The van der Waals surface area contributed by atoms with E-state index in [1.807, 2.05) is 0 Å². The Morgan fingerprint density at radius 1 is 1.29 bits per heavy atom. The van der Waals surface area contributed by atoms with Crippen molar-refractivity contribution < 1.29 is 24.2 Å². The van der Waals surface area contributed by atoms with Crippen molar-refractivity contribution >= 4 is 12.2 Å². The van der Waals surface area contributed by atoms with Gasteiger partial charge in [-0.2, -0.15) is 0 Å². The molecular formula is C10H20N2O5. The number of amides is 2. The Morgan fingerprint density at radius 3 is 2.29 bits per heavy atom. The zero-order valence-electron chi connectivity index (χ0n) is 10.6. The highest BCUT2D eigenvalue weighted by molar-refractivity contribution is 5.69. The maximum Gasteiger partial charge on any atom is 0.408 e. The van der Waals surface area contributed by atoms with Crippen LogP contribution in [0.5, 0.6) is 0 Å². The first-order valence-electron chi connectivity index (χ1n) is 5.20. The summed E-state index contributed by atoms with van der Waals surface area (Å²) in [5.74, 6) is 0. The highest BCUT2D eigenvalue weighted by atomic mass is 16.6. The molecule has 0 aromatic heterocycles. The third-order valence-corrected chi connectivity index (χ3v) is 1.62. The first kappa shape index (κ1) is 15.5. The Labute approximate surface area is 100 Å². The molecule has 0 spiro atoms. The Balaban J connectivity index is 4.04. The zero-order chi connectivity index (χ0) is 13.5. The van der Waals surface area contributed by atoms with Crippen molar-refractivity contribution in [1.29, 1.82) is 0 Å². The zero-order valence-corrected chi connectivity index (χ0v) is 10.6. The van der Waals surface area contributed by atoms with E-state index in [0.717, 1.165) is 0 Å². The minimum Gasteiger partial charge on any atom is -0.453 e. The molecule has 0 aliphatic carbocycles. The standard InChI is InChI=1S/C10H20N2O5/c1-10(2,3)17-9(15)12-7(6-13)5-11-8(14)16-4/h7,13H,5-6H2,1-4H3,(H,11,14)(H,12,15)/t7-/m0/s1. The summed E-state index contributed by atoms with van der Waals surface area (Å²) in [6, 6.07) is -0.621. The molecular weight excluding hydrogens is 228 g/mol. The monoisotopic (exact) mass is 248 g/mol. The summed E-state index contributed by atoms with van der Waals surface area (Å²) in [5, 5.41) is 13.8. The Hall–Kier alpha value is -1.50. The molecule has 17 heavy (non-hydrogen) atoms. The first-order valence-corrected chi connectivity index (χ1v) is 5.20. The Bertz CT molecular complexity index is 262. The molecule has 0 rings (SSSR count). The van der Waals surface area contributed by atoms with Gasteiger partial charge in [0.1, 0.15) is 5.60 Å². The molecule has 0 saturated heterocycles. The van der Waals surface area contributed by atoms with Gasteiger partial charge in [0.15, 0.2) is 0 Å². The fourth-order valence-electron chi connectivity index (χ4n) is 0.914. The summed E-state index contributed by atoms with van der Waals surface area (Å²) >= 11 is 0. The molecule has 0 aliphatic rings. The van der Waals surface area contributed by atoms with Crippen molar-refractivity contribution in [3.05, 3.63) is 0 Å². The van der Waals surface area contributed by atoms with E-state index in [9.17, 15) is 9.59 Å². The van der Waals surface area contributed by atoms with Crippen molar-refractivity contribution in [2.45, 2.75) is 32.4 Å². The van der Waals surface area contributed by atoms with Gasteiger partial charge in [0, 0.05) is 6.54 Å². The van der Waals surface area contributed by atoms with Gasteiger partial charge in [0.2, 0.25) is 0 Å². The molecule has 3 N–H and O–H groups in total. The average molecular weight is 248 g/mol. The van der Waals surface area contributed by atoms with Crippen LogP contribution >= 0.6 is 0 Å². The number of alkyl carbamates (subject to hydrolysis) is 2. The smallest absolute Gasteiger partial charge is 0.408 e. The molecule has 7 nitrogen and oxygen atoms in total. The van der Waals surface area contributed by atoms with Gasteiger partial charge in [-0.3, -0.25) is 0 Å². The van der Waals surface area contributed by atoms with E-state index in [0.29, 0.717) is 0 Å². The van der Waals surface area contributed by atoms with Crippen molar-refractivity contribution in [3.8, 4) is 0 Å². The quantitative estimate of drug-likeness (QED) is 0.661. The normalized spacial score (nSPS) is 12.5. The molecule has 100 valence electrons. The second kappa shape index (κ2) is 6.95. The van der Waals surface area contributed by atoms with Gasteiger partial charge in [-0.1, -0.05) is 0 Å². The number of nitrogens with one attached hydrogen (secondary N) is 2. The number of carbonyl (C=O) groups is 2. The van der Waals surface area contributed by atoms with Crippen LogP contribution in [0.1, 0.15) is 20.8 Å². The molecule has 0 bridgehead atoms. The summed E-state index contributed by atoms with van der Waals surface area (Å²) in [4.78, 5) is 22.1. The number of rotatable bonds is 4. The summed E-state index contributed by atoms with van der Waals surface area (Å²) < 4.78 is 9.35. The summed E-state index contributed by atoms with van der Waals surface area (Å²) in [6.07, 6.45) is -1.28. The fourth-order valence-corrected chi connectivity index (χ4v) is 0.914. The summed E-state index contributed by atoms with van der Waals surface area (Å²) in [5.41, 5.74) is -0.611. The molecule has 2 amide bonds. The van der Waals surface area contributed by atoms with E-state index < -0.39 is 23.8 Å². The predicted molar refractivity (Wildman–Crippen MR) is 60.7 cm³/mol. The number of carbonyl (C=O) groups excluding carboxylic acids is 2. The molecule has 0 aromatic carbocycles. The number of aliphatic hydroxyl groups is 1. The molecule has 0 heterocycles. The van der Waals surface area contributed by atoms with Crippen LogP contribution in [0.3, 0.4) is 0 Å². The van der Waals surface area contributed by atoms with Crippen LogP contribution in [-0.4, -0.2) is 49.2 Å². The predicted octanol–water partition coefficient (Wildman–Crippen LogP) is 0.228. The van der Waals surface area contributed by atoms with Crippen LogP contribution in [-0.2, 0) is 9.47 Å². The van der Waals surface area contributed by atoms with Gasteiger partial charge in [0.05, 0.1) is 19.8 Å². The van der Waals surface area contributed by atoms with Crippen LogP contribution in [0.4, 0.5) is 9.59 Å². The fraction of sp³-hybridized carbons (Fsp3) is 0.800. The maximum atomic E-state index is 11.4. The first-order chi connectivity index (χ1) is 7.78. The molecule has 0 radical (unpaired) electrons. The second-order valence-electron chi connectivity index (χ2n) is 4.40. The number of aliphatic hydroxyl groups excluding tert-OH is 1. The third kappa shape index (κ3) is 8.32. The van der Waals surface area contributed by atoms with Gasteiger partial charge in [0.25, 0.3) is 0 Å². The molecule has 0 unspecified atom stereocenters. The summed E-state index contributed by atoms with van der Waals surface area (Å²) in [7, 11) is 1.23. The van der Waals surface area contributed by atoms with Crippen LogP contribution in [0, 0.1) is 0 Å². The third-order valence-electron chi connectivity index (χ3n) is 1.62. The number of ether oxygens (including phenoxy) is 2. The van der Waals surface area contributed by atoms with E-state index in [1.54, 1.807) is 20.8 Å². The van der Waals surface area contributed by atoms with E-state index in [2.05, 4.69) is 15.4 Å². The van der Waals surface area contributed by atoms with E-state index in [4.69, 9.17) is 9.84 Å². The lowest BCUT2D eigenvalue weighted by Gasteiger charge is -2.22. The van der Waals surface area contributed by atoms with Gasteiger partial charge in [-0.15, -0.1) is 0 Å². The van der Waals surface area contributed by atoms with Crippen molar-refractivity contribution in [2.75, 3.05) is 20.3 Å². The molecule has 0 fully saturated rings. The molecule has 0 aromatic rings. The topological polar surface area (TPSA) is 96.9 Å². The van der Waals surface area contributed by atoms with Gasteiger partial charge in [-0.05, 0) is 20.8 Å². The van der Waals surface area contributed by atoms with Crippen LogP contribution in [0.2, 0.25) is 0 Å². The van der Waals surface area contributed by atoms with Crippen LogP contribution in [0.15, 0.2) is 0 Å². The lowest BCUT2D eigenvalue weighted by atomic mass is 10.2. The van der Waals surface area contributed by atoms with E-state index in [-0.39, 0.29) is 13.2 Å². The number of methoxy groups -OCH3 is 1. The highest BCUT2D eigenvalue weighted by Gasteiger charge is 2.19. The van der Waals surface area contributed by atoms with Crippen LogP contribution in [0.25, 0.3) is 0 Å². The SMILES string of the molecule is COC(=O)NC[C@@H](CO)NC(=O)OC(C)(C)C. The van der Waals surface area contributed by atoms with Gasteiger partial charge >= 0.3 is 12.2 Å². The van der Waals surface area contributed by atoms with E-state index in [1.165, 1.54) is 7.11 Å². The number of hydrogen-bond donors (Lipinski definition) is 3. The lowest BCUT2D eigenvalue weighted by Crippen LogP contribution is -2.47. The lowest BCUT2D eigenvalue weighted by molar-refractivity contribution is 0.0481. The van der Waals surface area contributed by atoms with Crippen LogP contribution < -0.4 is 10.6 Å².